The predicted molar refractivity (Wildman–Crippen MR) is 110 cm³/mol. The van der Waals surface area contributed by atoms with Gasteiger partial charge in [0.1, 0.15) is 5.67 Å². The fourth-order valence-electron chi connectivity index (χ4n) is 6.88. The number of fused-ring (bicyclic) bond motifs is 1. The highest BCUT2D eigenvalue weighted by atomic mass is 19.1. The van der Waals surface area contributed by atoms with Gasteiger partial charge in [-0.3, -0.25) is 4.79 Å². The Bertz CT molecular complexity index is 859. The topological polar surface area (TPSA) is 32.3 Å². The van der Waals surface area contributed by atoms with Crippen molar-refractivity contribution in [1.29, 1.82) is 0 Å². The average Bonchev–Trinajstić information content (AvgIpc) is 2.81. The molecule has 1 aromatic carbocycles. The van der Waals surface area contributed by atoms with Gasteiger partial charge < -0.3 is 10.2 Å². The third kappa shape index (κ3) is 2.64. The van der Waals surface area contributed by atoms with Crippen LogP contribution in [0.15, 0.2) is 48.2 Å². The first-order chi connectivity index (χ1) is 13.5. The molecule has 2 atom stereocenters. The number of nitrogens with one attached hydrogen (secondary N) is 1. The number of allylic oxidation sites excluding steroid dienone is 1. The van der Waals surface area contributed by atoms with E-state index in [-0.39, 0.29) is 5.91 Å². The van der Waals surface area contributed by atoms with Crippen LogP contribution in [0.2, 0.25) is 0 Å². The number of carbonyl (C=O) groups is 1. The van der Waals surface area contributed by atoms with Gasteiger partial charge in [0, 0.05) is 24.9 Å². The molecule has 1 heterocycles. The number of anilines is 1. The van der Waals surface area contributed by atoms with Gasteiger partial charge in [-0.15, -0.1) is 0 Å². The highest BCUT2D eigenvalue weighted by molar-refractivity contribution is 5.99. The Morgan fingerprint density at radius 1 is 1.25 bits per heavy atom. The Hall–Kier alpha value is -2.10. The lowest BCUT2D eigenvalue weighted by Crippen LogP contribution is -2.59. The van der Waals surface area contributed by atoms with Crippen molar-refractivity contribution in [3.05, 3.63) is 53.8 Å². The quantitative estimate of drug-likeness (QED) is 0.835. The maximum absolute atomic E-state index is 15.5. The second-order valence-electron chi connectivity index (χ2n) is 9.55. The number of rotatable bonds is 3. The minimum Gasteiger partial charge on any atom is -0.391 e. The monoisotopic (exact) mass is 380 g/mol. The molecule has 0 radical (unpaired) electrons. The smallest absolute Gasteiger partial charge is 0.233 e. The van der Waals surface area contributed by atoms with Crippen LogP contribution in [0.3, 0.4) is 0 Å². The second-order valence-corrected chi connectivity index (χ2v) is 9.55. The van der Waals surface area contributed by atoms with Crippen LogP contribution in [-0.2, 0) is 11.2 Å². The number of carbonyl (C=O) groups excluding carboxylic acids is 1. The number of benzene rings is 1. The summed E-state index contributed by atoms with van der Waals surface area (Å²) in [5, 5.41) is 3.30. The molecule has 1 aliphatic heterocycles. The van der Waals surface area contributed by atoms with Crippen molar-refractivity contribution in [3.8, 4) is 0 Å². The zero-order valence-corrected chi connectivity index (χ0v) is 16.6. The lowest BCUT2D eigenvalue weighted by molar-refractivity contribution is -0.158. The van der Waals surface area contributed by atoms with Crippen molar-refractivity contribution in [2.45, 2.75) is 50.6 Å². The molecule has 0 saturated heterocycles. The predicted octanol–water partition coefficient (Wildman–Crippen LogP) is 4.54. The minimum absolute atomic E-state index is 0.132. The van der Waals surface area contributed by atoms with Crippen LogP contribution < -0.4 is 10.2 Å². The van der Waals surface area contributed by atoms with E-state index in [1.807, 2.05) is 36.2 Å². The van der Waals surface area contributed by atoms with E-state index in [1.165, 1.54) is 0 Å². The molecule has 0 spiro atoms. The van der Waals surface area contributed by atoms with Gasteiger partial charge in [-0.2, -0.15) is 0 Å². The number of likely N-dealkylation sites (N-methyl/N-ethyl adjacent to an activating group) is 1. The summed E-state index contributed by atoms with van der Waals surface area (Å²) in [6, 6.07) is 8.15. The molecule has 4 heteroatoms. The van der Waals surface area contributed by atoms with Gasteiger partial charge in [0.2, 0.25) is 5.91 Å². The molecular weight excluding hydrogens is 351 g/mol. The summed E-state index contributed by atoms with van der Waals surface area (Å²) in [7, 11) is 1.92. The molecule has 1 N–H and O–H groups in total. The number of nitrogens with zero attached hydrogens (tertiary/aromatic N) is 1. The van der Waals surface area contributed by atoms with Crippen molar-refractivity contribution in [1.82, 2.24) is 5.32 Å². The Balaban J connectivity index is 1.57. The van der Waals surface area contributed by atoms with Crippen molar-refractivity contribution in [3.63, 3.8) is 0 Å². The largest absolute Gasteiger partial charge is 0.391 e. The van der Waals surface area contributed by atoms with Crippen LogP contribution in [0.4, 0.5) is 10.1 Å². The van der Waals surface area contributed by atoms with E-state index < -0.39 is 11.1 Å². The molecule has 3 nitrogen and oxygen atoms in total. The van der Waals surface area contributed by atoms with E-state index in [2.05, 4.69) is 18.0 Å². The Morgan fingerprint density at radius 3 is 2.61 bits per heavy atom. The third-order valence-electron chi connectivity index (χ3n) is 7.60. The molecule has 1 aromatic rings. The minimum atomic E-state index is -1.13. The number of amides is 1. The van der Waals surface area contributed by atoms with Gasteiger partial charge >= 0.3 is 0 Å². The zero-order chi connectivity index (χ0) is 19.5. The molecule has 4 bridgehead atoms. The van der Waals surface area contributed by atoms with Gasteiger partial charge in [0.05, 0.1) is 12.0 Å². The Labute approximate surface area is 166 Å². The second kappa shape index (κ2) is 6.20. The third-order valence-corrected chi connectivity index (χ3v) is 7.60. The molecule has 148 valence electrons. The highest BCUT2D eigenvalue weighted by Crippen LogP contribution is 2.63. The molecule has 4 aliphatic carbocycles. The van der Waals surface area contributed by atoms with Crippen LogP contribution >= 0.6 is 0 Å². The summed E-state index contributed by atoms with van der Waals surface area (Å²) in [6.45, 7) is 4.49. The van der Waals surface area contributed by atoms with Gasteiger partial charge in [-0.25, -0.2) is 4.39 Å². The fourth-order valence-corrected chi connectivity index (χ4v) is 6.88. The maximum atomic E-state index is 15.5. The summed E-state index contributed by atoms with van der Waals surface area (Å²) in [5.41, 5.74) is 2.61. The van der Waals surface area contributed by atoms with Crippen molar-refractivity contribution < 1.29 is 9.18 Å². The number of para-hydroxylation sites is 1. The lowest BCUT2D eigenvalue weighted by atomic mass is 9.48. The Morgan fingerprint density at radius 2 is 1.96 bits per heavy atom. The first-order valence-corrected chi connectivity index (χ1v) is 10.6. The van der Waals surface area contributed by atoms with Crippen LogP contribution in [0.5, 0.6) is 0 Å². The molecule has 0 aromatic heterocycles. The van der Waals surface area contributed by atoms with E-state index in [9.17, 15) is 4.79 Å². The van der Waals surface area contributed by atoms with Crippen molar-refractivity contribution >= 4 is 11.6 Å². The summed E-state index contributed by atoms with van der Waals surface area (Å²) in [5.74, 6) is 0.882. The van der Waals surface area contributed by atoms with Gasteiger partial charge in [-0.1, -0.05) is 30.9 Å². The average molecular weight is 381 g/mol. The van der Waals surface area contributed by atoms with Crippen LogP contribution in [0, 0.1) is 17.3 Å². The molecule has 28 heavy (non-hydrogen) atoms. The Kier molecular flexibility index (Phi) is 3.98. The van der Waals surface area contributed by atoms with Crippen LogP contribution in [0.1, 0.15) is 44.1 Å². The first-order valence-electron chi connectivity index (χ1n) is 10.6. The van der Waals surface area contributed by atoms with E-state index in [1.54, 1.807) is 0 Å². The first kappa shape index (κ1) is 18.0. The summed E-state index contributed by atoms with van der Waals surface area (Å²) in [6.07, 6.45) is 7.18. The molecular formula is C24H29FN2O. The molecule has 1 amide bonds. The summed E-state index contributed by atoms with van der Waals surface area (Å²) < 4.78 is 15.5. The van der Waals surface area contributed by atoms with Crippen molar-refractivity contribution in [2.24, 2.45) is 17.3 Å². The number of hydrogen-bond donors (Lipinski definition) is 1. The van der Waals surface area contributed by atoms with E-state index in [0.29, 0.717) is 37.6 Å². The molecule has 6 rings (SSSR count). The summed E-state index contributed by atoms with van der Waals surface area (Å²) >= 11 is 0. The number of halogens is 1. The van der Waals surface area contributed by atoms with Gasteiger partial charge in [-0.05, 0) is 67.6 Å². The van der Waals surface area contributed by atoms with E-state index >= 15 is 4.39 Å². The number of alkyl halides is 1. The van der Waals surface area contributed by atoms with Gasteiger partial charge in [0.25, 0.3) is 0 Å². The van der Waals surface area contributed by atoms with E-state index in [4.69, 9.17) is 0 Å². The summed E-state index contributed by atoms with van der Waals surface area (Å²) in [4.78, 5) is 16.0. The molecule has 4 saturated carbocycles. The fraction of sp³-hybridized carbons (Fsp3) is 0.542. The SMILES string of the molecule is C=CC1=C(NC)Cc2ccccc2N(C(=O)C23CC4CC(CC(F)(C4)C2)C3)C1. The molecule has 4 fully saturated rings. The normalized spacial score (nSPS) is 36.1. The highest BCUT2D eigenvalue weighted by Gasteiger charge is 2.62. The van der Waals surface area contributed by atoms with Crippen LogP contribution in [0.25, 0.3) is 0 Å². The zero-order valence-electron chi connectivity index (χ0n) is 16.6. The van der Waals surface area contributed by atoms with Gasteiger partial charge in [0.15, 0.2) is 0 Å². The standard InChI is InChI=1S/C24H29FN2O/c1-3-18-14-27(21-7-5-4-6-19(21)9-20(18)26-2)22(28)23-10-16-8-17(11-23)13-24(25,12-16)15-23/h3-7,16-17,26H,1,8-15H2,2H3. The maximum Gasteiger partial charge on any atom is 0.233 e. The number of hydrogen-bond acceptors (Lipinski definition) is 2. The lowest BCUT2D eigenvalue weighted by Gasteiger charge is -2.58. The van der Waals surface area contributed by atoms with Crippen LogP contribution in [-0.4, -0.2) is 25.2 Å². The van der Waals surface area contributed by atoms with Crippen molar-refractivity contribution in [2.75, 3.05) is 18.5 Å². The molecule has 2 unspecified atom stereocenters. The van der Waals surface area contributed by atoms with E-state index in [0.717, 1.165) is 48.2 Å². The molecule has 5 aliphatic rings.